The first-order valence-electron chi connectivity index (χ1n) is 10.1. The summed E-state index contributed by atoms with van der Waals surface area (Å²) in [7, 11) is 0. The van der Waals surface area contributed by atoms with E-state index in [0.29, 0.717) is 29.9 Å². The van der Waals surface area contributed by atoms with Crippen LogP contribution in [0.25, 0.3) is 10.9 Å². The highest BCUT2D eigenvalue weighted by molar-refractivity contribution is 5.83. The van der Waals surface area contributed by atoms with Crippen LogP contribution < -0.4 is 4.74 Å². The number of fused-ring (bicyclic) bond motifs is 1. The third-order valence-corrected chi connectivity index (χ3v) is 5.56. The van der Waals surface area contributed by atoms with Gasteiger partial charge in [-0.15, -0.1) is 0 Å². The number of carboxylic acids is 1. The van der Waals surface area contributed by atoms with Gasteiger partial charge in [-0.05, 0) is 41.8 Å². The van der Waals surface area contributed by atoms with E-state index < -0.39 is 23.5 Å². The van der Waals surface area contributed by atoms with Crippen molar-refractivity contribution >= 4 is 16.9 Å². The minimum Gasteiger partial charge on any atom is -0.489 e. The van der Waals surface area contributed by atoms with E-state index in [4.69, 9.17) is 14.6 Å². The number of alkyl halides is 3. The van der Waals surface area contributed by atoms with Crippen LogP contribution in [0.3, 0.4) is 0 Å². The molecule has 0 amide bonds. The highest BCUT2D eigenvalue weighted by Gasteiger charge is 2.36. The molecule has 0 bridgehead atoms. The first kappa shape index (κ1) is 22.1. The van der Waals surface area contributed by atoms with Crippen molar-refractivity contribution < 1.29 is 36.9 Å². The molecule has 1 aromatic heterocycles. The Hall–Kier alpha value is -3.07. The van der Waals surface area contributed by atoms with E-state index in [-0.39, 0.29) is 48.6 Å². The molecule has 0 radical (unpaired) electrons. The second kappa shape index (κ2) is 8.82. The van der Waals surface area contributed by atoms with Crippen LogP contribution in [0.2, 0.25) is 0 Å². The van der Waals surface area contributed by atoms with Crippen molar-refractivity contribution in [3.8, 4) is 5.75 Å². The average molecular weight is 451 g/mol. The summed E-state index contributed by atoms with van der Waals surface area (Å²) in [6, 6.07) is 8.77. The molecule has 9 heteroatoms. The monoisotopic (exact) mass is 451 g/mol. The van der Waals surface area contributed by atoms with Gasteiger partial charge >= 0.3 is 12.1 Å². The van der Waals surface area contributed by atoms with Crippen molar-refractivity contribution in [3.05, 3.63) is 64.6 Å². The van der Waals surface area contributed by atoms with Crippen LogP contribution in [0, 0.1) is 5.82 Å². The van der Waals surface area contributed by atoms with Gasteiger partial charge in [0, 0.05) is 29.8 Å². The molecule has 1 saturated heterocycles. The van der Waals surface area contributed by atoms with E-state index in [1.807, 2.05) is 0 Å². The first-order chi connectivity index (χ1) is 15.2. The summed E-state index contributed by atoms with van der Waals surface area (Å²) >= 11 is 0. The highest BCUT2D eigenvalue weighted by Crippen LogP contribution is 2.38. The quantitative estimate of drug-likeness (QED) is 0.470. The molecule has 1 atom stereocenters. The maximum absolute atomic E-state index is 14.6. The number of aromatic amines is 1. The molecule has 1 fully saturated rings. The first-order valence-corrected chi connectivity index (χ1v) is 10.1. The molecule has 32 heavy (non-hydrogen) atoms. The van der Waals surface area contributed by atoms with E-state index in [1.165, 1.54) is 12.1 Å². The Labute approximate surface area is 181 Å². The van der Waals surface area contributed by atoms with Gasteiger partial charge < -0.3 is 19.6 Å². The zero-order chi connectivity index (χ0) is 22.9. The molecule has 1 aliphatic rings. The number of benzene rings is 2. The number of nitrogens with one attached hydrogen (secondary N) is 1. The molecule has 2 heterocycles. The third kappa shape index (κ3) is 4.72. The number of hydrogen-bond acceptors (Lipinski definition) is 3. The second-order valence-corrected chi connectivity index (χ2v) is 7.79. The molecule has 2 N–H and O–H groups in total. The molecule has 0 saturated carbocycles. The number of aromatic nitrogens is 1. The highest BCUT2D eigenvalue weighted by atomic mass is 19.4. The molecule has 170 valence electrons. The van der Waals surface area contributed by atoms with Crippen molar-refractivity contribution in [3.63, 3.8) is 0 Å². The second-order valence-electron chi connectivity index (χ2n) is 7.79. The molecule has 1 aliphatic heterocycles. The van der Waals surface area contributed by atoms with Gasteiger partial charge in [0.15, 0.2) is 5.82 Å². The van der Waals surface area contributed by atoms with Gasteiger partial charge in [0.2, 0.25) is 0 Å². The normalized spacial score (nSPS) is 16.6. The predicted molar refractivity (Wildman–Crippen MR) is 108 cm³/mol. The number of carboxylic acid groups (broad SMARTS) is 1. The summed E-state index contributed by atoms with van der Waals surface area (Å²) in [4.78, 5) is 13.6. The number of hydrogen-bond donors (Lipinski definition) is 2. The van der Waals surface area contributed by atoms with E-state index in [9.17, 15) is 22.4 Å². The minimum absolute atomic E-state index is 0.0185. The van der Waals surface area contributed by atoms with Crippen molar-refractivity contribution in [1.82, 2.24) is 4.98 Å². The van der Waals surface area contributed by atoms with E-state index in [2.05, 4.69) is 4.98 Å². The lowest BCUT2D eigenvalue weighted by atomic mass is 9.92. The summed E-state index contributed by atoms with van der Waals surface area (Å²) in [5.41, 5.74) is 0.545. The average Bonchev–Trinajstić information content (AvgIpc) is 3.38. The van der Waals surface area contributed by atoms with Crippen LogP contribution >= 0.6 is 0 Å². The van der Waals surface area contributed by atoms with Gasteiger partial charge in [0.05, 0.1) is 24.3 Å². The molecule has 3 aromatic rings. The van der Waals surface area contributed by atoms with Crippen molar-refractivity contribution in [2.24, 2.45) is 0 Å². The number of ether oxygens (including phenoxy) is 2. The standard InChI is InChI=1S/C23H21F4NO4/c24-22-17-10-15(2-4-19(17)28-20(22)5-6-21(29)30)32-11-13-1-3-16(14-7-8-31-12-14)18(9-13)23(25,26)27/h1-4,9-10,14,28H,5-8,11-12H2,(H,29,30). The van der Waals surface area contributed by atoms with Crippen molar-refractivity contribution in [2.75, 3.05) is 13.2 Å². The lowest BCUT2D eigenvalue weighted by Gasteiger charge is -2.18. The Kier molecular flexibility index (Phi) is 6.10. The molecule has 0 aliphatic carbocycles. The molecule has 1 unspecified atom stereocenters. The molecule has 4 rings (SSSR count). The summed E-state index contributed by atoms with van der Waals surface area (Å²) in [5.74, 6) is -1.58. The molecule has 5 nitrogen and oxygen atoms in total. The summed E-state index contributed by atoms with van der Waals surface area (Å²) < 4.78 is 66.3. The van der Waals surface area contributed by atoms with Gasteiger partial charge in [0.1, 0.15) is 12.4 Å². The van der Waals surface area contributed by atoms with Crippen LogP contribution in [-0.2, 0) is 28.7 Å². The SMILES string of the molecule is O=C(O)CCc1[nH]c2ccc(OCc3ccc(C4CCOC4)c(C(F)(F)F)c3)cc2c1F. The Morgan fingerprint density at radius 3 is 2.72 bits per heavy atom. The number of carbonyl (C=O) groups is 1. The Bertz CT molecular complexity index is 1130. The maximum atomic E-state index is 14.6. The Balaban J connectivity index is 1.52. The van der Waals surface area contributed by atoms with Crippen LogP contribution in [0.4, 0.5) is 17.6 Å². The van der Waals surface area contributed by atoms with Crippen LogP contribution in [0.5, 0.6) is 5.75 Å². The Morgan fingerprint density at radius 2 is 2.03 bits per heavy atom. The summed E-state index contributed by atoms with van der Waals surface area (Å²) in [6.07, 6.45) is -4.13. The largest absolute Gasteiger partial charge is 0.489 e. The van der Waals surface area contributed by atoms with Gasteiger partial charge in [-0.1, -0.05) is 12.1 Å². The van der Waals surface area contributed by atoms with E-state index in [0.717, 1.165) is 6.07 Å². The lowest BCUT2D eigenvalue weighted by Crippen LogP contribution is -2.13. The van der Waals surface area contributed by atoms with Crippen LogP contribution in [0.1, 0.15) is 41.1 Å². The van der Waals surface area contributed by atoms with Gasteiger partial charge in [-0.2, -0.15) is 13.2 Å². The summed E-state index contributed by atoms with van der Waals surface area (Å²) in [6.45, 7) is 0.604. The van der Waals surface area contributed by atoms with E-state index >= 15 is 0 Å². The van der Waals surface area contributed by atoms with Gasteiger partial charge in [-0.25, -0.2) is 4.39 Å². The topological polar surface area (TPSA) is 71.5 Å². The van der Waals surface area contributed by atoms with Crippen LogP contribution in [-0.4, -0.2) is 29.3 Å². The number of aliphatic carboxylic acids is 1. The zero-order valence-corrected chi connectivity index (χ0v) is 17.0. The van der Waals surface area contributed by atoms with Gasteiger partial charge in [0.25, 0.3) is 0 Å². The smallest absolute Gasteiger partial charge is 0.416 e. The lowest BCUT2D eigenvalue weighted by molar-refractivity contribution is -0.138. The summed E-state index contributed by atoms with van der Waals surface area (Å²) in [5, 5.41) is 9.01. The molecule has 2 aromatic carbocycles. The number of H-pyrrole nitrogens is 1. The van der Waals surface area contributed by atoms with Crippen molar-refractivity contribution in [2.45, 2.75) is 38.0 Å². The number of rotatable bonds is 7. The zero-order valence-electron chi connectivity index (χ0n) is 17.0. The minimum atomic E-state index is -4.49. The molecular weight excluding hydrogens is 430 g/mol. The van der Waals surface area contributed by atoms with Crippen LogP contribution in [0.15, 0.2) is 36.4 Å². The third-order valence-electron chi connectivity index (χ3n) is 5.56. The fourth-order valence-corrected chi connectivity index (χ4v) is 3.93. The fraction of sp³-hybridized carbons (Fsp3) is 0.348. The fourth-order valence-electron chi connectivity index (χ4n) is 3.93. The predicted octanol–water partition coefficient (Wildman–Crippen LogP) is 5.43. The van der Waals surface area contributed by atoms with E-state index in [1.54, 1.807) is 18.2 Å². The molecule has 0 spiro atoms. The Morgan fingerprint density at radius 1 is 1.22 bits per heavy atom. The van der Waals surface area contributed by atoms with Gasteiger partial charge in [-0.3, -0.25) is 4.79 Å². The number of aryl methyl sites for hydroxylation is 1. The molecular formula is C23H21F4NO4. The van der Waals surface area contributed by atoms with Crippen molar-refractivity contribution in [1.29, 1.82) is 0 Å². The maximum Gasteiger partial charge on any atom is 0.416 e. The number of halogens is 4.